The summed E-state index contributed by atoms with van der Waals surface area (Å²) in [6.45, 7) is 2.11. The zero-order valence-corrected chi connectivity index (χ0v) is 17.6. The van der Waals surface area contributed by atoms with Crippen molar-refractivity contribution in [1.29, 1.82) is 0 Å². The zero-order chi connectivity index (χ0) is 17.4. The Labute approximate surface area is 168 Å². The molecule has 0 heterocycles. The zero-order valence-electron chi connectivity index (χ0n) is 15.1. The topological polar surface area (TPSA) is 0 Å². The molecule has 2 heteroatoms. The molecule has 0 saturated carbocycles. The lowest BCUT2D eigenvalue weighted by Crippen LogP contribution is -3.00. The van der Waals surface area contributed by atoms with Crippen molar-refractivity contribution in [2.75, 3.05) is 6.16 Å². The van der Waals surface area contributed by atoms with Gasteiger partial charge in [-0.15, -0.1) is 5.92 Å². The molecule has 0 radical (unpaired) electrons. The summed E-state index contributed by atoms with van der Waals surface area (Å²) in [4.78, 5) is 0. The largest absolute Gasteiger partial charge is 1.00 e. The van der Waals surface area contributed by atoms with E-state index in [-0.39, 0.29) is 17.0 Å². The Kier molecular flexibility index (Phi) is 8.11. The van der Waals surface area contributed by atoms with Crippen LogP contribution in [0.25, 0.3) is 0 Å². The van der Waals surface area contributed by atoms with E-state index >= 15 is 0 Å². The summed E-state index contributed by atoms with van der Waals surface area (Å²) in [7, 11) is -1.70. The van der Waals surface area contributed by atoms with Gasteiger partial charge in [0, 0.05) is 12.8 Å². The van der Waals surface area contributed by atoms with Crippen LogP contribution in [0.5, 0.6) is 0 Å². The predicted octanol–water partition coefficient (Wildman–Crippen LogP) is 1.79. The number of hydrogen-bond acceptors (Lipinski definition) is 0. The molecule has 0 atom stereocenters. The van der Waals surface area contributed by atoms with Crippen LogP contribution in [0.3, 0.4) is 0 Å². The second kappa shape index (κ2) is 10.3. The highest BCUT2D eigenvalue weighted by Crippen LogP contribution is 2.55. The van der Waals surface area contributed by atoms with E-state index in [1.165, 1.54) is 15.9 Å². The van der Waals surface area contributed by atoms with Crippen LogP contribution in [-0.4, -0.2) is 6.16 Å². The van der Waals surface area contributed by atoms with E-state index in [1.807, 2.05) is 0 Å². The third kappa shape index (κ3) is 4.45. The van der Waals surface area contributed by atoms with Gasteiger partial charge in [-0.1, -0.05) is 67.4 Å². The molecule has 0 aliphatic carbocycles. The summed E-state index contributed by atoms with van der Waals surface area (Å²) in [6, 6.07) is 33.0. The smallest absolute Gasteiger partial charge is 0.113 e. The number of hydrogen-bond donors (Lipinski definition) is 0. The van der Waals surface area contributed by atoms with E-state index in [4.69, 9.17) is 0 Å². The molecule has 0 fully saturated rings. The normalized spacial score (nSPS) is 10.3. The molecule has 0 nitrogen and oxygen atoms in total. The minimum atomic E-state index is -1.70. The van der Waals surface area contributed by atoms with Gasteiger partial charge in [0.15, 0.2) is 0 Å². The van der Waals surface area contributed by atoms with E-state index in [0.29, 0.717) is 0 Å². The fraction of sp³-hybridized carbons (Fsp3) is 0.167. The molecule has 3 rings (SSSR count). The number of rotatable bonds is 5. The van der Waals surface area contributed by atoms with E-state index in [1.54, 1.807) is 0 Å². The summed E-state index contributed by atoms with van der Waals surface area (Å²) in [5, 5.41) is 4.31. The second-order valence-electron chi connectivity index (χ2n) is 6.00. The summed E-state index contributed by atoms with van der Waals surface area (Å²) in [6.07, 6.45) is 2.94. The van der Waals surface area contributed by atoms with Crippen LogP contribution in [0.2, 0.25) is 0 Å². The van der Waals surface area contributed by atoms with Gasteiger partial charge in [0.05, 0.1) is 6.16 Å². The fourth-order valence-electron chi connectivity index (χ4n) is 3.32. The van der Waals surface area contributed by atoms with Crippen molar-refractivity contribution in [2.24, 2.45) is 0 Å². The minimum Gasteiger partial charge on any atom is -1.00 e. The molecule has 0 aliphatic heterocycles. The van der Waals surface area contributed by atoms with Crippen LogP contribution in [-0.2, 0) is 0 Å². The Bertz CT molecular complexity index is 736. The molecule has 0 amide bonds. The highest BCUT2D eigenvalue weighted by molar-refractivity contribution is 7.95. The van der Waals surface area contributed by atoms with E-state index in [2.05, 4.69) is 110 Å². The van der Waals surface area contributed by atoms with Crippen LogP contribution in [0, 0.1) is 11.8 Å². The van der Waals surface area contributed by atoms with Crippen molar-refractivity contribution < 1.29 is 17.0 Å². The van der Waals surface area contributed by atoms with Crippen molar-refractivity contribution in [3.05, 3.63) is 91.0 Å². The highest BCUT2D eigenvalue weighted by Gasteiger charge is 2.44. The molecule has 0 aromatic heterocycles. The highest BCUT2D eigenvalue weighted by atomic mass is 79.9. The molecule has 26 heavy (non-hydrogen) atoms. The van der Waals surface area contributed by atoms with Gasteiger partial charge in [0.25, 0.3) is 0 Å². The van der Waals surface area contributed by atoms with Gasteiger partial charge >= 0.3 is 0 Å². The molecule has 132 valence electrons. The summed E-state index contributed by atoms with van der Waals surface area (Å²) in [5.41, 5.74) is 0. The minimum absolute atomic E-state index is 0. The molecule has 0 unspecified atom stereocenters. The SMILES string of the molecule is CCC#CCC[P+](c1ccccc1)(c1ccccc1)c1ccccc1.[Br-]. The molecule has 0 aliphatic rings. The molecular formula is C24H24BrP. The van der Waals surface area contributed by atoms with Gasteiger partial charge in [0.2, 0.25) is 0 Å². The molecule has 3 aromatic rings. The van der Waals surface area contributed by atoms with E-state index in [9.17, 15) is 0 Å². The Morgan fingerprint density at radius 2 is 1.00 bits per heavy atom. The third-order valence-corrected chi connectivity index (χ3v) is 8.90. The number of halogens is 1. The first kappa shape index (κ1) is 20.4. The van der Waals surface area contributed by atoms with Crippen LogP contribution >= 0.6 is 7.26 Å². The Balaban J connectivity index is 0.00000243. The van der Waals surface area contributed by atoms with Gasteiger partial charge in [0.1, 0.15) is 23.2 Å². The number of benzene rings is 3. The van der Waals surface area contributed by atoms with Crippen molar-refractivity contribution in [1.82, 2.24) is 0 Å². The molecular weight excluding hydrogens is 399 g/mol. The van der Waals surface area contributed by atoms with Crippen molar-refractivity contribution in [2.45, 2.75) is 19.8 Å². The molecule has 0 bridgehead atoms. The van der Waals surface area contributed by atoms with E-state index in [0.717, 1.165) is 19.0 Å². The van der Waals surface area contributed by atoms with Crippen LogP contribution in [0.4, 0.5) is 0 Å². The van der Waals surface area contributed by atoms with Crippen LogP contribution < -0.4 is 32.9 Å². The Morgan fingerprint density at radius 1 is 0.615 bits per heavy atom. The Morgan fingerprint density at radius 3 is 1.35 bits per heavy atom. The molecule has 0 N–H and O–H groups in total. The average molecular weight is 423 g/mol. The van der Waals surface area contributed by atoms with Crippen LogP contribution in [0.1, 0.15) is 19.8 Å². The van der Waals surface area contributed by atoms with Crippen molar-refractivity contribution >= 4 is 23.2 Å². The quantitative estimate of drug-likeness (QED) is 0.434. The monoisotopic (exact) mass is 422 g/mol. The van der Waals surface area contributed by atoms with Gasteiger partial charge in [-0.05, 0) is 36.4 Å². The van der Waals surface area contributed by atoms with Gasteiger partial charge in [-0.3, -0.25) is 0 Å². The third-order valence-electron chi connectivity index (χ3n) is 4.46. The average Bonchev–Trinajstić information content (AvgIpc) is 2.70. The first-order valence-corrected chi connectivity index (χ1v) is 10.9. The maximum atomic E-state index is 3.38. The standard InChI is InChI=1S/C24H24P.BrH/c1-2-3-4-14-21-25(22-15-8-5-9-16-22,23-17-10-6-11-18-23)24-19-12-7-13-20-24;/h5-13,15-20H,2,14,21H2,1H3;1H/q+1;/p-1. The molecule has 0 spiro atoms. The summed E-state index contributed by atoms with van der Waals surface area (Å²) in [5.74, 6) is 6.62. The molecule has 0 saturated heterocycles. The first-order valence-electron chi connectivity index (χ1n) is 8.88. The van der Waals surface area contributed by atoms with Crippen molar-refractivity contribution in [3.8, 4) is 11.8 Å². The lowest BCUT2D eigenvalue weighted by Gasteiger charge is -2.27. The van der Waals surface area contributed by atoms with Gasteiger partial charge < -0.3 is 17.0 Å². The van der Waals surface area contributed by atoms with Crippen LogP contribution in [0.15, 0.2) is 91.0 Å². The maximum absolute atomic E-state index is 3.38. The lowest BCUT2D eigenvalue weighted by atomic mass is 10.3. The van der Waals surface area contributed by atoms with E-state index < -0.39 is 7.26 Å². The first-order chi connectivity index (χ1) is 12.4. The summed E-state index contributed by atoms with van der Waals surface area (Å²) < 4.78 is 0. The maximum Gasteiger partial charge on any atom is 0.113 e. The molecule has 3 aromatic carbocycles. The lowest BCUT2D eigenvalue weighted by molar-refractivity contribution is -0.00000491. The fourth-order valence-corrected chi connectivity index (χ4v) is 7.48. The summed E-state index contributed by atoms with van der Waals surface area (Å²) >= 11 is 0. The van der Waals surface area contributed by atoms with Gasteiger partial charge in [-0.25, -0.2) is 0 Å². The van der Waals surface area contributed by atoms with Gasteiger partial charge in [-0.2, -0.15) is 0 Å². The van der Waals surface area contributed by atoms with Crippen molar-refractivity contribution in [3.63, 3.8) is 0 Å². The Hall–Kier alpha value is -1.87. The predicted molar refractivity (Wildman–Crippen MR) is 113 cm³/mol. The second-order valence-corrected chi connectivity index (χ2v) is 9.61.